The molecule has 1 fully saturated rings. The van der Waals surface area contributed by atoms with Gasteiger partial charge in [0.25, 0.3) is 0 Å². The van der Waals surface area contributed by atoms with E-state index in [1.807, 2.05) is 0 Å². The smallest absolute Gasteiger partial charge is 0.157 e. The Kier molecular flexibility index (Phi) is 4.74. The van der Waals surface area contributed by atoms with Crippen LogP contribution < -0.4 is 0 Å². The first-order valence-electron chi connectivity index (χ1n) is 5.45. The molecular formula is C11H22O2. The van der Waals surface area contributed by atoms with Gasteiger partial charge in [0.1, 0.15) is 0 Å². The second-order valence-electron chi connectivity index (χ2n) is 4.38. The average molecular weight is 186 g/mol. The largest absolute Gasteiger partial charge is 0.352 e. The Balaban J connectivity index is 2.15. The first-order chi connectivity index (χ1) is 6.22. The first-order valence-corrected chi connectivity index (χ1v) is 5.45. The molecule has 0 radical (unpaired) electrons. The van der Waals surface area contributed by atoms with E-state index in [-0.39, 0.29) is 6.29 Å². The highest BCUT2D eigenvalue weighted by Crippen LogP contribution is 2.20. The molecule has 0 aromatic rings. The summed E-state index contributed by atoms with van der Waals surface area (Å²) < 4.78 is 11.2. The lowest BCUT2D eigenvalue weighted by atomic mass is 9.98. The van der Waals surface area contributed by atoms with Crippen molar-refractivity contribution in [2.75, 3.05) is 13.2 Å². The van der Waals surface area contributed by atoms with Crippen molar-refractivity contribution in [3.05, 3.63) is 0 Å². The third-order valence-corrected chi connectivity index (χ3v) is 2.36. The van der Waals surface area contributed by atoms with Gasteiger partial charge in [-0.2, -0.15) is 0 Å². The van der Waals surface area contributed by atoms with Gasteiger partial charge in [-0.15, -0.1) is 0 Å². The SMILES string of the molecule is CCCC1OCC(CC(C)C)CO1. The molecule has 13 heavy (non-hydrogen) atoms. The zero-order chi connectivity index (χ0) is 9.68. The summed E-state index contributed by atoms with van der Waals surface area (Å²) in [6.45, 7) is 8.44. The molecule has 2 nitrogen and oxygen atoms in total. The maximum atomic E-state index is 5.61. The van der Waals surface area contributed by atoms with Crippen LogP contribution in [0.1, 0.15) is 40.0 Å². The van der Waals surface area contributed by atoms with Gasteiger partial charge in [0, 0.05) is 5.92 Å². The zero-order valence-electron chi connectivity index (χ0n) is 9.08. The van der Waals surface area contributed by atoms with Crippen LogP contribution in [0, 0.1) is 11.8 Å². The second-order valence-corrected chi connectivity index (χ2v) is 4.38. The Morgan fingerprint density at radius 1 is 1.23 bits per heavy atom. The van der Waals surface area contributed by atoms with Gasteiger partial charge < -0.3 is 9.47 Å². The summed E-state index contributed by atoms with van der Waals surface area (Å²) in [6.07, 6.45) is 3.47. The quantitative estimate of drug-likeness (QED) is 0.672. The number of hydrogen-bond donors (Lipinski definition) is 0. The second kappa shape index (κ2) is 5.61. The van der Waals surface area contributed by atoms with Crippen molar-refractivity contribution in [1.82, 2.24) is 0 Å². The zero-order valence-corrected chi connectivity index (χ0v) is 9.08. The molecule has 0 spiro atoms. The van der Waals surface area contributed by atoms with Gasteiger partial charge in [0.15, 0.2) is 6.29 Å². The summed E-state index contributed by atoms with van der Waals surface area (Å²) in [5, 5.41) is 0. The van der Waals surface area contributed by atoms with Crippen LogP contribution in [-0.4, -0.2) is 19.5 Å². The predicted molar refractivity (Wildman–Crippen MR) is 53.5 cm³/mol. The normalized spacial score (nSPS) is 29.5. The highest BCUT2D eigenvalue weighted by atomic mass is 16.7. The topological polar surface area (TPSA) is 18.5 Å². The summed E-state index contributed by atoms with van der Waals surface area (Å²) >= 11 is 0. The lowest BCUT2D eigenvalue weighted by Gasteiger charge is -2.30. The van der Waals surface area contributed by atoms with E-state index in [1.165, 1.54) is 6.42 Å². The van der Waals surface area contributed by atoms with E-state index in [4.69, 9.17) is 9.47 Å². The van der Waals surface area contributed by atoms with Crippen LogP contribution in [0.5, 0.6) is 0 Å². The van der Waals surface area contributed by atoms with E-state index in [9.17, 15) is 0 Å². The minimum absolute atomic E-state index is 0.0772. The maximum absolute atomic E-state index is 5.61. The van der Waals surface area contributed by atoms with Crippen molar-refractivity contribution in [2.24, 2.45) is 11.8 Å². The third-order valence-electron chi connectivity index (χ3n) is 2.36. The fourth-order valence-electron chi connectivity index (χ4n) is 1.79. The Morgan fingerprint density at radius 3 is 2.31 bits per heavy atom. The van der Waals surface area contributed by atoms with E-state index >= 15 is 0 Å². The van der Waals surface area contributed by atoms with Crippen LogP contribution in [0.15, 0.2) is 0 Å². The molecule has 0 N–H and O–H groups in total. The van der Waals surface area contributed by atoms with Gasteiger partial charge in [-0.3, -0.25) is 0 Å². The Bertz CT molecular complexity index is 126. The molecule has 1 heterocycles. The molecule has 0 aliphatic carbocycles. The van der Waals surface area contributed by atoms with Crippen molar-refractivity contribution >= 4 is 0 Å². The molecule has 1 rings (SSSR count). The summed E-state index contributed by atoms with van der Waals surface area (Å²) in [6, 6.07) is 0. The number of rotatable bonds is 4. The maximum Gasteiger partial charge on any atom is 0.157 e. The van der Waals surface area contributed by atoms with Gasteiger partial charge >= 0.3 is 0 Å². The molecule has 78 valence electrons. The molecule has 0 saturated carbocycles. The van der Waals surface area contributed by atoms with E-state index in [0.717, 1.165) is 32.0 Å². The van der Waals surface area contributed by atoms with Crippen LogP contribution in [0.4, 0.5) is 0 Å². The number of hydrogen-bond acceptors (Lipinski definition) is 2. The van der Waals surface area contributed by atoms with Crippen LogP contribution in [0.2, 0.25) is 0 Å². The van der Waals surface area contributed by atoms with E-state index in [1.54, 1.807) is 0 Å². The molecule has 1 aliphatic heterocycles. The monoisotopic (exact) mass is 186 g/mol. The van der Waals surface area contributed by atoms with Crippen LogP contribution in [-0.2, 0) is 9.47 Å². The van der Waals surface area contributed by atoms with Gasteiger partial charge in [0.2, 0.25) is 0 Å². The van der Waals surface area contributed by atoms with Crippen LogP contribution >= 0.6 is 0 Å². The number of ether oxygens (including phenoxy) is 2. The van der Waals surface area contributed by atoms with Crippen molar-refractivity contribution < 1.29 is 9.47 Å². The van der Waals surface area contributed by atoms with E-state index in [0.29, 0.717) is 5.92 Å². The lowest BCUT2D eigenvalue weighted by Crippen LogP contribution is -2.32. The van der Waals surface area contributed by atoms with Gasteiger partial charge in [-0.1, -0.05) is 27.2 Å². The summed E-state index contributed by atoms with van der Waals surface area (Å²) in [4.78, 5) is 0. The Hall–Kier alpha value is -0.0800. The molecule has 1 aliphatic rings. The molecule has 0 unspecified atom stereocenters. The van der Waals surface area contributed by atoms with Crippen molar-refractivity contribution in [3.8, 4) is 0 Å². The summed E-state index contributed by atoms with van der Waals surface area (Å²) in [7, 11) is 0. The molecule has 0 atom stereocenters. The molecule has 2 heteroatoms. The third kappa shape index (κ3) is 4.10. The Morgan fingerprint density at radius 2 is 1.85 bits per heavy atom. The fourth-order valence-corrected chi connectivity index (χ4v) is 1.79. The highest BCUT2D eigenvalue weighted by Gasteiger charge is 2.21. The highest BCUT2D eigenvalue weighted by molar-refractivity contribution is 4.64. The van der Waals surface area contributed by atoms with Crippen molar-refractivity contribution in [1.29, 1.82) is 0 Å². The van der Waals surface area contributed by atoms with E-state index < -0.39 is 0 Å². The van der Waals surface area contributed by atoms with Gasteiger partial charge in [0.05, 0.1) is 13.2 Å². The predicted octanol–water partition coefficient (Wildman–Crippen LogP) is 2.82. The molecule has 1 saturated heterocycles. The first kappa shape index (κ1) is 11.0. The fraction of sp³-hybridized carbons (Fsp3) is 1.00. The molecule has 0 bridgehead atoms. The van der Waals surface area contributed by atoms with Crippen LogP contribution in [0.25, 0.3) is 0 Å². The van der Waals surface area contributed by atoms with Crippen molar-refractivity contribution in [3.63, 3.8) is 0 Å². The lowest BCUT2D eigenvalue weighted by molar-refractivity contribution is -0.204. The Labute approximate surface area is 81.6 Å². The van der Waals surface area contributed by atoms with Gasteiger partial charge in [-0.25, -0.2) is 0 Å². The van der Waals surface area contributed by atoms with Gasteiger partial charge in [-0.05, 0) is 18.8 Å². The van der Waals surface area contributed by atoms with Crippen molar-refractivity contribution in [2.45, 2.75) is 46.3 Å². The minimum Gasteiger partial charge on any atom is -0.352 e. The standard InChI is InChI=1S/C11H22O2/c1-4-5-11-12-7-10(8-13-11)6-9(2)3/h9-11H,4-8H2,1-3H3. The average Bonchev–Trinajstić information content (AvgIpc) is 2.08. The van der Waals surface area contributed by atoms with E-state index in [2.05, 4.69) is 20.8 Å². The summed E-state index contributed by atoms with van der Waals surface area (Å²) in [5.74, 6) is 1.37. The minimum atomic E-state index is 0.0772. The molecule has 0 aromatic heterocycles. The molecule has 0 amide bonds. The molecule has 0 aromatic carbocycles. The molecular weight excluding hydrogens is 164 g/mol. The summed E-state index contributed by atoms with van der Waals surface area (Å²) in [5.41, 5.74) is 0. The van der Waals surface area contributed by atoms with Crippen LogP contribution in [0.3, 0.4) is 0 Å².